The van der Waals surface area contributed by atoms with Crippen molar-refractivity contribution in [1.82, 2.24) is 5.32 Å². The van der Waals surface area contributed by atoms with Crippen LogP contribution in [0.2, 0.25) is 5.02 Å². The summed E-state index contributed by atoms with van der Waals surface area (Å²) in [6, 6.07) is 29.3. The van der Waals surface area contributed by atoms with Gasteiger partial charge < -0.3 is 10.1 Å². The summed E-state index contributed by atoms with van der Waals surface area (Å²) in [5.74, 6) is 0.0594. The average Bonchev–Trinajstić information content (AvgIpc) is 2.91. The molecule has 4 aromatic carbocycles. The molecule has 6 nitrogen and oxygen atoms in total. The molecule has 0 heterocycles. The monoisotopic (exact) mass is 534 g/mol. The number of methoxy groups -OCH3 is 1. The molecule has 0 aliphatic heterocycles. The second kappa shape index (κ2) is 11.5. The van der Waals surface area contributed by atoms with Crippen LogP contribution in [0.3, 0.4) is 0 Å². The van der Waals surface area contributed by atoms with Crippen molar-refractivity contribution in [2.45, 2.75) is 17.9 Å². The van der Waals surface area contributed by atoms with Gasteiger partial charge in [-0.3, -0.25) is 9.10 Å². The predicted octanol–water partition coefficient (Wildman–Crippen LogP) is 5.76. The average molecular weight is 535 g/mol. The molecule has 0 aromatic heterocycles. The summed E-state index contributed by atoms with van der Waals surface area (Å²) in [6.07, 6.45) is 0. The summed E-state index contributed by atoms with van der Waals surface area (Å²) in [5.41, 5.74) is 3.10. The highest BCUT2D eigenvalue weighted by molar-refractivity contribution is 7.92. The molecule has 0 fully saturated rings. The first-order chi connectivity index (χ1) is 17.8. The Hall–Kier alpha value is -3.81. The molecule has 4 rings (SSSR count). The van der Waals surface area contributed by atoms with Gasteiger partial charge in [0.2, 0.25) is 5.91 Å². The third-order valence-corrected chi connectivity index (χ3v) is 7.99. The minimum Gasteiger partial charge on any atom is -0.497 e. The topological polar surface area (TPSA) is 75.7 Å². The summed E-state index contributed by atoms with van der Waals surface area (Å²) >= 11 is 6.18. The normalized spacial score (nSPS) is 12.0. The van der Waals surface area contributed by atoms with E-state index in [0.717, 1.165) is 21.0 Å². The van der Waals surface area contributed by atoms with Crippen molar-refractivity contribution in [3.63, 3.8) is 0 Å². The molecule has 0 unspecified atom stereocenters. The van der Waals surface area contributed by atoms with Gasteiger partial charge in [0.25, 0.3) is 10.0 Å². The molecule has 1 atom stereocenters. The number of carbonyl (C=O) groups excluding carboxylic acids is 1. The number of hydrogen-bond donors (Lipinski definition) is 1. The van der Waals surface area contributed by atoms with Gasteiger partial charge in [-0.05, 0) is 66.1 Å². The van der Waals surface area contributed by atoms with Gasteiger partial charge in [0.15, 0.2) is 0 Å². The van der Waals surface area contributed by atoms with Crippen LogP contribution in [0, 0.1) is 6.92 Å². The Morgan fingerprint density at radius 2 is 1.59 bits per heavy atom. The second-order valence-electron chi connectivity index (χ2n) is 8.43. The number of halogens is 1. The van der Waals surface area contributed by atoms with E-state index < -0.39 is 28.5 Å². The van der Waals surface area contributed by atoms with Crippen LogP contribution in [-0.4, -0.2) is 28.0 Å². The van der Waals surface area contributed by atoms with E-state index in [1.165, 1.54) is 25.3 Å². The summed E-state index contributed by atoms with van der Waals surface area (Å²) in [7, 11) is -2.60. The van der Waals surface area contributed by atoms with Gasteiger partial charge in [-0.1, -0.05) is 72.3 Å². The van der Waals surface area contributed by atoms with Crippen molar-refractivity contribution in [3.05, 3.63) is 125 Å². The first-order valence-electron chi connectivity index (χ1n) is 11.6. The molecule has 4 aromatic rings. The lowest BCUT2D eigenvalue weighted by atomic mass is 9.95. The molecule has 0 spiro atoms. The standard InChI is InChI=1S/C29H27ClN2O4S/c1-21-9-6-7-14-27(21)29(22-10-4-3-5-11-22)31-28(33)20-32(24-13-8-12-23(30)19-24)37(34,35)26-17-15-25(36-2)16-18-26/h3-19,29H,20H2,1-2H3,(H,31,33)/t29-/m0/s1. The number of sulfonamides is 1. The molecule has 0 saturated carbocycles. The van der Waals surface area contributed by atoms with Gasteiger partial charge >= 0.3 is 0 Å². The summed E-state index contributed by atoms with van der Waals surface area (Å²) in [5, 5.41) is 3.41. The smallest absolute Gasteiger partial charge is 0.264 e. The quantitative estimate of drug-likeness (QED) is 0.296. The molecular formula is C29H27ClN2O4S. The number of amides is 1. The number of ether oxygens (including phenoxy) is 1. The van der Waals surface area contributed by atoms with Crippen molar-refractivity contribution in [3.8, 4) is 5.75 Å². The van der Waals surface area contributed by atoms with Crippen molar-refractivity contribution >= 4 is 33.2 Å². The van der Waals surface area contributed by atoms with E-state index in [-0.39, 0.29) is 10.6 Å². The Morgan fingerprint density at radius 1 is 0.919 bits per heavy atom. The van der Waals surface area contributed by atoms with E-state index in [9.17, 15) is 13.2 Å². The Kier molecular flexibility index (Phi) is 8.16. The highest BCUT2D eigenvalue weighted by atomic mass is 35.5. The number of aryl methyl sites for hydroxylation is 1. The summed E-state index contributed by atoms with van der Waals surface area (Å²) < 4.78 is 33.7. The van der Waals surface area contributed by atoms with Crippen molar-refractivity contribution in [2.75, 3.05) is 18.0 Å². The maximum Gasteiger partial charge on any atom is 0.264 e. The molecule has 1 N–H and O–H groups in total. The van der Waals surface area contributed by atoms with Gasteiger partial charge in [-0.2, -0.15) is 0 Å². The minimum atomic E-state index is -4.11. The molecule has 190 valence electrons. The Morgan fingerprint density at radius 3 is 2.24 bits per heavy atom. The second-order valence-corrected chi connectivity index (χ2v) is 10.7. The van der Waals surface area contributed by atoms with Crippen LogP contribution in [0.5, 0.6) is 5.75 Å². The van der Waals surface area contributed by atoms with Crippen LogP contribution in [-0.2, 0) is 14.8 Å². The zero-order valence-corrected chi connectivity index (χ0v) is 22.0. The van der Waals surface area contributed by atoms with Gasteiger partial charge in [-0.25, -0.2) is 8.42 Å². The SMILES string of the molecule is COc1ccc(S(=O)(=O)N(CC(=O)N[C@@H](c2ccccc2)c2ccccc2C)c2cccc(Cl)c2)cc1. The lowest BCUT2D eigenvalue weighted by molar-refractivity contribution is -0.120. The van der Waals surface area contributed by atoms with E-state index in [1.54, 1.807) is 30.3 Å². The fourth-order valence-electron chi connectivity index (χ4n) is 4.06. The zero-order chi connectivity index (χ0) is 26.4. The Bertz CT molecular complexity index is 1480. The highest BCUT2D eigenvalue weighted by Crippen LogP contribution is 2.28. The largest absolute Gasteiger partial charge is 0.497 e. The van der Waals surface area contributed by atoms with Crippen molar-refractivity contribution in [2.24, 2.45) is 0 Å². The number of carbonyl (C=O) groups is 1. The fourth-order valence-corrected chi connectivity index (χ4v) is 5.65. The molecule has 8 heteroatoms. The van der Waals surface area contributed by atoms with Gasteiger partial charge in [0.05, 0.1) is 23.7 Å². The maximum atomic E-state index is 13.7. The molecule has 0 aliphatic carbocycles. The number of nitrogens with one attached hydrogen (secondary N) is 1. The van der Waals surface area contributed by atoms with E-state index in [1.807, 2.05) is 61.5 Å². The van der Waals surface area contributed by atoms with Crippen molar-refractivity contribution < 1.29 is 17.9 Å². The number of anilines is 1. The number of nitrogens with zero attached hydrogens (tertiary/aromatic N) is 1. The molecule has 0 saturated heterocycles. The third-order valence-electron chi connectivity index (χ3n) is 5.97. The summed E-state index contributed by atoms with van der Waals surface area (Å²) in [4.78, 5) is 13.5. The van der Waals surface area contributed by atoms with Crippen LogP contribution in [0.15, 0.2) is 108 Å². The first kappa shape index (κ1) is 26.3. The van der Waals surface area contributed by atoms with E-state index in [0.29, 0.717) is 10.8 Å². The third kappa shape index (κ3) is 6.13. The number of hydrogen-bond acceptors (Lipinski definition) is 4. The Labute approximate surface area is 222 Å². The van der Waals surface area contributed by atoms with Crippen LogP contribution >= 0.6 is 11.6 Å². The fraction of sp³-hybridized carbons (Fsp3) is 0.138. The minimum absolute atomic E-state index is 0.0274. The van der Waals surface area contributed by atoms with Gasteiger partial charge in [0.1, 0.15) is 12.3 Å². The van der Waals surface area contributed by atoms with E-state index in [2.05, 4.69) is 5.32 Å². The van der Waals surface area contributed by atoms with E-state index in [4.69, 9.17) is 16.3 Å². The van der Waals surface area contributed by atoms with Gasteiger partial charge in [0, 0.05) is 5.02 Å². The lowest BCUT2D eigenvalue weighted by Crippen LogP contribution is -2.42. The maximum absolute atomic E-state index is 13.7. The predicted molar refractivity (Wildman–Crippen MR) is 147 cm³/mol. The number of benzene rings is 4. The van der Waals surface area contributed by atoms with Gasteiger partial charge in [-0.15, -0.1) is 0 Å². The Balaban J connectivity index is 1.70. The summed E-state index contributed by atoms with van der Waals surface area (Å²) in [6.45, 7) is 1.54. The van der Waals surface area contributed by atoms with E-state index >= 15 is 0 Å². The molecule has 1 amide bonds. The number of rotatable bonds is 9. The molecule has 0 bridgehead atoms. The van der Waals surface area contributed by atoms with Crippen LogP contribution in [0.25, 0.3) is 0 Å². The highest BCUT2D eigenvalue weighted by Gasteiger charge is 2.29. The molecule has 0 radical (unpaired) electrons. The molecule has 0 aliphatic rings. The molecule has 37 heavy (non-hydrogen) atoms. The molecular weight excluding hydrogens is 508 g/mol. The zero-order valence-electron chi connectivity index (χ0n) is 20.5. The van der Waals surface area contributed by atoms with Crippen molar-refractivity contribution in [1.29, 1.82) is 0 Å². The van der Waals surface area contributed by atoms with Crippen LogP contribution in [0.4, 0.5) is 5.69 Å². The van der Waals surface area contributed by atoms with Crippen LogP contribution in [0.1, 0.15) is 22.7 Å². The lowest BCUT2D eigenvalue weighted by Gasteiger charge is -2.27. The van der Waals surface area contributed by atoms with Crippen LogP contribution < -0.4 is 14.4 Å². The first-order valence-corrected chi connectivity index (χ1v) is 13.4.